The summed E-state index contributed by atoms with van der Waals surface area (Å²) in [6.45, 7) is 1.00. The maximum absolute atomic E-state index is 11.8. The van der Waals surface area contributed by atoms with Crippen molar-refractivity contribution in [2.24, 2.45) is 0 Å². The van der Waals surface area contributed by atoms with Crippen LogP contribution in [0.4, 0.5) is 0 Å². The molecule has 15 heavy (non-hydrogen) atoms. The number of nitrogens with one attached hydrogen (secondary N) is 1. The van der Waals surface area contributed by atoms with Crippen LogP contribution < -0.4 is 5.32 Å². The van der Waals surface area contributed by atoms with E-state index in [2.05, 4.69) is 17.4 Å². The lowest BCUT2D eigenvalue weighted by Gasteiger charge is -2.08. The number of aryl methyl sites for hydroxylation is 1. The molecule has 80 valence electrons. The molecule has 0 saturated carbocycles. The molecule has 1 aliphatic rings. The molecule has 0 aliphatic carbocycles. The average Bonchev–Trinajstić information content (AvgIpc) is 2.81. The fourth-order valence-corrected chi connectivity index (χ4v) is 2.05. The summed E-state index contributed by atoms with van der Waals surface area (Å²) in [4.78, 5) is 11.8. The van der Waals surface area contributed by atoms with Crippen LogP contribution in [0.15, 0.2) is 30.3 Å². The van der Waals surface area contributed by atoms with E-state index >= 15 is 0 Å². The highest BCUT2D eigenvalue weighted by Crippen LogP contribution is 2.10. The van der Waals surface area contributed by atoms with Gasteiger partial charge in [-0.25, -0.2) is 0 Å². The van der Waals surface area contributed by atoms with Gasteiger partial charge in [0.25, 0.3) is 0 Å². The Balaban J connectivity index is 1.80. The third kappa shape index (κ3) is 2.90. The SMILES string of the molecule is O=C(CCc1ccccc1)[C@@H]1CCCN1. The second-order valence-electron chi connectivity index (χ2n) is 4.10. The van der Waals surface area contributed by atoms with Crippen LogP contribution in [0.25, 0.3) is 0 Å². The minimum Gasteiger partial charge on any atom is -0.307 e. The minimum absolute atomic E-state index is 0.133. The van der Waals surface area contributed by atoms with Crippen LogP contribution in [-0.4, -0.2) is 18.4 Å². The summed E-state index contributed by atoms with van der Waals surface area (Å²) in [6.07, 6.45) is 3.70. The van der Waals surface area contributed by atoms with Crippen LogP contribution in [0.1, 0.15) is 24.8 Å². The Morgan fingerprint density at radius 3 is 2.80 bits per heavy atom. The van der Waals surface area contributed by atoms with E-state index in [4.69, 9.17) is 0 Å². The second kappa shape index (κ2) is 5.08. The van der Waals surface area contributed by atoms with Crippen molar-refractivity contribution >= 4 is 5.78 Å². The van der Waals surface area contributed by atoms with Crippen LogP contribution in [0.5, 0.6) is 0 Å². The van der Waals surface area contributed by atoms with E-state index in [0.717, 1.165) is 25.8 Å². The van der Waals surface area contributed by atoms with Gasteiger partial charge in [0.2, 0.25) is 0 Å². The highest BCUT2D eigenvalue weighted by atomic mass is 16.1. The Labute approximate surface area is 90.7 Å². The average molecular weight is 203 g/mol. The first-order valence-corrected chi connectivity index (χ1v) is 5.66. The maximum atomic E-state index is 11.8. The maximum Gasteiger partial charge on any atom is 0.150 e. The summed E-state index contributed by atoms with van der Waals surface area (Å²) in [5.41, 5.74) is 1.25. The van der Waals surface area contributed by atoms with Crippen molar-refractivity contribution in [2.45, 2.75) is 31.7 Å². The summed E-state index contributed by atoms with van der Waals surface area (Å²) in [5.74, 6) is 0.372. The highest BCUT2D eigenvalue weighted by Gasteiger charge is 2.20. The van der Waals surface area contributed by atoms with E-state index in [1.54, 1.807) is 0 Å². The molecule has 0 unspecified atom stereocenters. The first-order chi connectivity index (χ1) is 7.36. The van der Waals surface area contributed by atoms with Crippen LogP contribution in [-0.2, 0) is 11.2 Å². The molecule has 2 nitrogen and oxygen atoms in total. The molecule has 1 heterocycles. The summed E-state index contributed by atoms with van der Waals surface area (Å²) in [5, 5.41) is 3.24. The number of carbonyl (C=O) groups is 1. The van der Waals surface area contributed by atoms with Gasteiger partial charge in [-0.2, -0.15) is 0 Å². The zero-order chi connectivity index (χ0) is 10.5. The second-order valence-corrected chi connectivity index (χ2v) is 4.10. The van der Waals surface area contributed by atoms with Gasteiger partial charge < -0.3 is 5.32 Å². The van der Waals surface area contributed by atoms with Crippen molar-refractivity contribution in [2.75, 3.05) is 6.54 Å². The van der Waals surface area contributed by atoms with Gasteiger partial charge in [0.05, 0.1) is 6.04 Å². The van der Waals surface area contributed by atoms with E-state index in [-0.39, 0.29) is 6.04 Å². The van der Waals surface area contributed by atoms with Crippen molar-refractivity contribution in [3.8, 4) is 0 Å². The fourth-order valence-electron chi connectivity index (χ4n) is 2.05. The molecule has 1 atom stereocenters. The van der Waals surface area contributed by atoms with Crippen molar-refractivity contribution in [3.05, 3.63) is 35.9 Å². The zero-order valence-electron chi connectivity index (χ0n) is 8.91. The van der Waals surface area contributed by atoms with Crippen molar-refractivity contribution in [3.63, 3.8) is 0 Å². The van der Waals surface area contributed by atoms with Gasteiger partial charge in [-0.3, -0.25) is 4.79 Å². The number of ketones is 1. The van der Waals surface area contributed by atoms with Crippen LogP contribution in [0.2, 0.25) is 0 Å². The lowest BCUT2D eigenvalue weighted by Crippen LogP contribution is -2.30. The Morgan fingerprint density at radius 2 is 2.13 bits per heavy atom. The molecular weight excluding hydrogens is 186 g/mol. The van der Waals surface area contributed by atoms with Gasteiger partial charge in [-0.05, 0) is 31.4 Å². The van der Waals surface area contributed by atoms with Gasteiger partial charge in [0, 0.05) is 6.42 Å². The van der Waals surface area contributed by atoms with Crippen molar-refractivity contribution in [1.29, 1.82) is 0 Å². The lowest BCUT2D eigenvalue weighted by atomic mass is 10.0. The molecule has 0 spiro atoms. The third-order valence-electron chi connectivity index (χ3n) is 2.95. The summed E-state index contributed by atoms with van der Waals surface area (Å²) < 4.78 is 0. The van der Waals surface area contributed by atoms with E-state index in [1.807, 2.05) is 18.2 Å². The fraction of sp³-hybridized carbons (Fsp3) is 0.462. The van der Waals surface area contributed by atoms with Gasteiger partial charge in [0.15, 0.2) is 0 Å². The van der Waals surface area contributed by atoms with Crippen LogP contribution in [0, 0.1) is 0 Å². The molecule has 0 bridgehead atoms. The van der Waals surface area contributed by atoms with Crippen LogP contribution in [0.3, 0.4) is 0 Å². The molecule has 2 rings (SSSR count). The van der Waals surface area contributed by atoms with E-state index in [0.29, 0.717) is 12.2 Å². The van der Waals surface area contributed by atoms with E-state index in [1.165, 1.54) is 5.56 Å². The topological polar surface area (TPSA) is 29.1 Å². The molecule has 1 aromatic rings. The summed E-state index contributed by atoms with van der Waals surface area (Å²) in [7, 11) is 0. The molecule has 0 radical (unpaired) electrons. The quantitative estimate of drug-likeness (QED) is 0.810. The minimum atomic E-state index is 0.133. The monoisotopic (exact) mass is 203 g/mol. The van der Waals surface area contributed by atoms with E-state index in [9.17, 15) is 4.79 Å². The van der Waals surface area contributed by atoms with Gasteiger partial charge >= 0.3 is 0 Å². The molecule has 0 amide bonds. The number of hydrogen-bond acceptors (Lipinski definition) is 2. The highest BCUT2D eigenvalue weighted by molar-refractivity contribution is 5.84. The number of carbonyl (C=O) groups excluding carboxylic acids is 1. The Kier molecular flexibility index (Phi) is 3.51. The standard InChI is InChI=1S/C13H17NO/c15-13(12-7-4-10-14-12)9-8-11-5-2-1-3-6-11/h1-3,5-6,12,14H,4,7-10H2/t12-/m0/s1. The molecule has 0 aromatic heterocycles. The number of benzene rings is 1. The van der Waals surface area contributed by atoms with Crippen molar-refractivity contribution < 1.29 is 4.79 Å². The predicted octanol–water partition coefficient (Wildman–Crippen LogP) is 1.94. The number of Topliss-reactive ketones (excluding diaryl/α,β-unsaturated/α-hetero) is 1. The smallest absolute Gasteiger partial charge is 0.150 e. The molecular formula is C13H17NO. The Hall–Kier alpha value is -1.15. The Morgan fingerprint density at radius 1 is 1.33 bits per heavy atom. The zero-order valence-corrected chi connectivity index (χ0v) is 8.91. The molecule has 1 N–H and O–H groups in total. The summed E-state index contributed by atoms with van der Waals surface area (Å²) in [6, 6.07) is 10.3. The van der Waals surface area contributed by atoms with Crippen LogP contribution >= 0.6 is 0 Å². The first kappa shape index (κ1) is 10.4. The Bertz CT molecular complexity index is 315. The molecule has 1 aliphatic heterocycles. The molecule has 1 aromatic carbocycles. The van der Waals surface area contributed by atoms with E-state index < -0.39 is 0 Å². The normalized spacial score (nSPS) is 20.4. The summed E-state index contributed by atoms with van der Waals surface area (Å²) >= 11 is 0. The molecule has 1 saturated heterocycles. The number of rotatable bonds is 4. The van der Waals surface area contributed by atoms with Gasteiger partial charge in [-0.15, -0.1) is 0 Å². The van der Waals surface area contributed by atoms with Gasteiger partial charge in [0.1, 0.15) is 5.78 Å². The predicted molar refractivity (Wildman–Crippen MR) is 60.8 cm³/mol. The molecule has 1 fully saturated rings. The first-order valence-electron chi connectivity index (χ1n) is 5.66. The molecule has 2 heteroatoms. The largest absolute Gasteiger partial charge is 0.307 e. The third-order valence-corrected chi connectivity index (χ3v) is 2.95. The van der Waals surface area contributed by atoms with Gasteiger partial charge in [-0.1, -0.05) is 30.3 Å². The number of hydrogen-bond donors (Lipinski definition) is 1. The lowest BCUT2D eigenvalue weighted by molar-refractivity contribution is -0.120. The van der Waals surface area contributed by atoms with Crippen molar-refractivity contribution in [1.82, 2.24) is 5.32 Å².